The average Bonchev–Trinajstić information content (AvgIpc) is 2.44. The van der Waals surface area contributed by atoms with Crippen LogP contribution in [0.5, 0.6) is 0 Å². The molecule has 0 aromatic heterocycles. The van der Waals surface area contributed by atoms with Gasteiger partial charge in [-0.3, -0.25) is 4.79 Å². The maximum atomic E-state index is 12.5. The van der Waals surface area contributed by atoms with Gasteiger partial charge in [0.25, 0.3) is 6.43 Å². The predicted molar refractivity (Wildman–Crippen MR) is 36.5 cm³/mol. The monoisotopic (exact) mass is 210 g/mol. The Kier molecular flexibility index (Phi) is 2.78. The van der Waals surface area contributed by atoms with Gasteiger partial charge in [0.15, 0.2) is 0 Å². The highest BCUT2D eigenvalue weighted by atomic mass is 19.3. The fourth-order valence-electron chi connectivity index (χ4n) is 0.891. The lowest BCUT2D eigenvalue weighted by Gasteiger charge is -2.04. The largest absolute Gasteiger partial charge is 0.508 e. The summed E-state index contributed by atoms with van der Waals surface area (Å²) >= 11 is 0. The second-order valence-corrected chi connectivity index (χ2v) is 2.50. The van der Waals surface area contributed by atoms with Crippen molar-refractivity contribution < 1.29 is 32.6 Å². The molecule has 78 valence electrons. The SMILES string of the molecule is O=C1OCC(O)=C1C(=O)C(F)C(F)F. The minimum atomic E-state index is -3.53. The number of alkyl halides is 3. The van der Waals surface area contributed by atoms with Crippen LogP contribution in [0.1, 0.15) is 0 Å². The molecule has 0 saturated carbocycles. The van der Waals surface area contributed by atoms with Gasteiger partial charge in [0.05, 0.1) is 0 Å². The molecule has 14 heavy (non-hydrogen) atoms. The number of halogens is 3. The molecule has 1 aliphatic heterocycles. The molecule has 0 aliphatic carbocycles. The topological polar surface area (TPSA) is 63.6 Å². The molecule has 1 unspecified atom stereocenters. The molecule has 1 N–H and O–H groups in total. The van der Waals surface area contributed by atoms with Crippen LogP contribution in [0, 0.1) is 0 Å². The summed E-state index contributed by atoms with van der Waals surface area (Å²) in [5.41, 5.74) is -1.03. The van der Waals surface area contributed by atoms with Gasteiger partial charge in [-0.25, -0.2) is 18.0 Å². The van der Waals surface area contributed by atoms with Crippen LogP contribution < -0.4 is 0 Å². The van der Waals surface area contributed by atoms with Gasteiger partial charge in [-0.1, -0.05) is 0 Å². The molecule has 0 radical (unpaired) electrons. The zero-order chi connectivity index (χ0) is 10.9. The zero-order valence-electron chi connectivity index (χ0n) is 6.67. The Bertz CT molecular complexity index is 310. The van der Waals surface area contributed by atoms with Crippen LogP contribution in [0.2, 0.25) is 0 Å². The minimum Gasteiger partial charge on any atom is -0.508 e. The first-order valence-electron chi connectivity index (χ1n) is 3.50. The lowest BCUT2D eigenvalue weighted by molar-refractivity contribution is -0.138. The van der Waals surface area contributed by atoms with Gasteiger partial charge in [-0.15, -0.1) is 0 Å². The third kappa shape index (κ3) is 1.70. The van der Waals surface area contributed by atoms with Crippen LogP contribution in [0.25, 0.3) is 0 Å². The van der Waals surface area contributed by atoms with Gasteiger partial charge in [0, 0.05) is 0 Å². The van der Waals surface area contributed by atoms with Crippen LogP contribution in [-0.4, -0.2) is 36.1 Å². The highest BCUT2D eigenvalue weighted by molar-refractivity contribution is 6.20. The fourth-order valence-corrected chi connectivity index (χ4v) is 0.891. The van der Waals surface area contributed by atoms with Crippen LogP contribution >= 0.6 is 0 Å². The van der Waals surface area contributed by atoms with Crippen molar-refractivity contribution in [3.63, 3.8) is 0 Å². The number of esters is 1. The third-order valence-electron chi connectivity index (χ3n) is 1.55. The Morgan fingerprint density at radius 2 is 2.00 bits per heavy atom. The van der Waals surface area contributed by atoms with E-state index >= 15 is 0 Å². The number of Topliss-reactive ketones (excluding diaryl/α,β-unsaturated/α-hetero) is 1. The quantitative estimate of drug-likeness (QED) is 0.545. The summed E-state index contributed by atoms with van der Waals surface area (Å²) in [6, 6.07) is 0. The number of hydrogen-bond donors (Lipinski definition) is 1. The Balaban J connectivity index is 2.89. The molecule has 0 aromatic carbocycles. The van der Waals surface area contributed by atoms with Crippen molar-refractivity contribution in [1.29, 1.82) is 0 Å². The van der Waals surface area contributed by atoms with Gasteiger partial charge in [0.2, 0.25) is 12.0 Å². The van der Waals surface area contributed by atoms with Crippen molar-refractivity contribution in [2.24, 2.45) is 0 Å². The Morgan fingerprint density at radius 1 is 1.43 bits per heavy atom. The van der Waals surface area contributed by atoms with Crippen molar-refractivity contribution >= 4 is 11.8 Å². The van der Waals surface area contributed by atoms with Crippen molar-refractivity contribution in [1.82, 2.24) is 0 Å². The molecule has 0 amide bonds. The lowest BCUT2D eigenvalue weighted by atomic mass is 10.1. The van der Waals surface area contributed by atoms with Crippen LogP contribution in [0.3, 0.4) is 0 Å². The number of aliphatic hydroxyl groups excluding tert-OH is 1. The third-order valence-corrected chi connectivity index (χ3v) is 1.55. The molecular formula is C7H5F3O4. The number of aliphatic hydroxyl groups is 1. The molecular weight excluding hydrogens is 205 g/mol. The zero-order valence-corrected chi connectivity index (χ0v) is 6.67. The molecule has 0 spiro atoms. The van der Waals surface area contributed by atoms with Crippen LogP contribution in [0.15, 0.2) is 11.3 Å². The smallest absolute Gasteiger partial charge is 0.345 e. The summed E-state index contributed by atoms with van der Waals surface area (Å²) in [5, 5.41) is 8.86. The van der Waals surface area contributed by atoms with Gasteiger partial charge in [-0.2, -0.15) is 0 Å². The van der Waals surface area contributed by atoms with E-state index in [4.69, 9.17) is 5.11 Å². The summed E-state index contributed by atoms with van der Waals surface area (Å²) < 4.78 is 40.1. The highest BCUT2D eigenvalue weighted by Gasteiger charge is 2.39. The van der Waals surface area contributed by atoms with E-state index in [1.54, 1.807) is 0 Å². The molecule has 0 saturated heterocycles. The number of ketones is 1. The highest BCUT2D eigenvalue weighted by Crippen LogP contribution is 2.19. The van der Waals surface area contributed by atoms with Crippen molar-refractivity contribution in [2.75, 3.05) is 6.61 Å². The molecule has 1 aliphatic rings. The maximum Gasteiger partial charge on any atom is 0.345 e. The van der Waals surface area contributed by atoms with E-state index in [0.29, 0.717) is 0 Å². The Morgan fingerprint density at radius 3 is 2.36 bits per heavy atom. The van der Waals surface area contributed by atoms with E-state index in [2.05, 4.69) is 4.74 Å². The fraction of sp³-hybridized carbons (Fsp3) is 0.429. The van der Waals surface area contributed by atoms with Crippen LogP contribution in [0.4, 0.5) is 13.2 Å². The van der Waals surface area contributed by atoms with E-state index in [0.717, 1.165) is 0 Å². The summed E-state index contributed by atoms with van der Waals surface area (Å²) in [6.45, 7) is -0.587. The number of cyclic esters (lactones) is 1. The number of hydrogen-bond acceptors (Lipinski definition) is 4. The molecule has 1 rings (SSSR count). The second kappa shape index (κ2) is 3.69. The maximum absolute atomic E-state index is 12.5. The molecule has 0 aromatic rings. The molecule has 7 heteroatoms. The van der Waals surface area contributed by atoms with Crippen molar-refractivity contribution in [3.8, 4) is 0 Å². The molecule has 0 fully saturated rings. The second-order valence-electron chi connectivity index (χ2n) is 2.50. The summed E-state index contributed by atoms with van der Waals surface area (Å²) in [5.74, 6) is -3.85. The first-order valence-corrected chi connectivity index (χ1v) is 3.50. The molecule has 0 bridgehead atoms. The molecule has 1 heterocycles. The lowest BCUT2D eigenvalue weighted by Crippen LogP contribution is -2.28. The van der Waals surface area contributed by atoms with E-state index < -0.39 is 42.3 Å². The van der Waals surface area contributed by atoms with Gasteiger partial charge < -0.3 is 9.84 Å². The van der Waals surface area contributed by atoms with Gasteiger partial charge in [0.1, 0.15) is 17.9 Å². The Labute approximate surface area is 76.0 Å². The van der Waals surface area contributed by atoms with Crippen molar-refractivity contribution in [3.05, 3.63) is 11.3 Å². The van der Waals surface area contributed by atoms with E-state index in [9.17, 15) is 22.8 Å². The summed E-state index contributed by atoms with van der Waals surface area (Å²) in [7, 11) is 0. The Hall–Kier alpha value is -1.53. The van der Waals surface area contributed by atoms with Gasteiger partial charge >= 0.3 is 5.97 Å². The molecule has 1 atom stereocenters. The van der Waals surface area contributed by atoms with E-state index in [-0.39, 0.29) is 0 Å². The average molecular weight is 210 g/mol. The predicted octanol–water partition coefficient (Wildman–Crippen LogP) is 0.528. The number of carbonyl (C=O) groups excluding carboxylic acids is 2. The summed E-state index contributed by atoms with van der Waals surface area (Å²) in [4.78, 5) is 21.5. The van der Waals surface area contributed by atoms with Gasteiger partial charge in [-0.05, 0) is 0 Å². The summed E-state index contributed by atoms with van der Waals surface area (Å²) in [6.07, 6.45) is -6.64. The number of ether oxygens (including phenoxy) is 1. The molecule has 4 nitrogen and oxygen atoms in total. The normalized spacial score (nSPS) is 18.7. The first kappa shape index (κ1) is 10.6. The number of carbonyl (C=O) groups is 2. The van der Waals surface area contributed by atoms with Crippen molar-refractivity contribution in [2.45, 2.75) is 12.6 Å². The number of rotatable bonds is 3. The van der Waals surface area contributed by atoms with E-state index in [1.165, 1.54) is 0 Å². The first-order chi connectivity index (χ1) is 6.45. The minimum absolute atomic E-state index is 0.587. The van der Waals surface area contributed by atoms with Crippen LogP contribution in [-0.2, 0) is 14.3 Å². The standard InChI is InChI=1S/C7H5F3O4/c8-4(6(9)10)5(12)3-2(11)1-14-7(3)13/h4,6,11H,1H2. The van der Waals surface area contributed by atoms with E-state index in [1.807, 2.05) is 0 Å².